The van der Waals surface area contributed by atoms with Gasteiger partial charge in [0.25, 0.3) is 0 Å². The van der Waals surface area contributed by atoms with Crippen molar-refractivity contribution in [1.82, 2.24) is 20.0 Å². The van der Waals surface area contributed by atoms with Gasteiger partial charge in [-0.15, -0.1) is 0 Å². The SMILES string of the molecule is CCC1CCCCN1CCCNC(=O)Cn1cc2c(n1)CCC(C)C2. The number of nitrogens with one attached hydrogen (secondary N) is 1. The summed E-state index contributed by atoms with van der Waals surface area (Å²) in [7, 11) is 0. The second kappa shape index (κ2) is 8.84. The summed E-state index contributed by atoms with van der Waals surface area (Å²) in [4.78, 5) is 14.8. The van der Waals surface area contributed by atoms with Gasteiger partial charge in [-0.2, -0.15) is 5.10 Å². The van der Waals surface area contributed by atoms with Crippen LogP contribution in [0, 0.1) is 5.92 Å². The molecule has 3 rings (SSSR count). The molecule has 2 atom stereocenters. The van der Waals surface area contributed by atoms with Crippen LogP contribution in [0.3, 0.4) is 0 Å². The smallest absolute Gasteiger partial charge is 0.241 e. The molecule has 0 bridgehead atoms. The van der Waals surface area contributed by atoms with Gasteiger partial charge in [-0.3, -0.25) is 9.48 Å². The number of nitrogens with zero attached hydrogens (tertiary/aromatic N) is 3. The highest BCUT2D eigenvalue weighted by Crippen LogP contribution is 2.24. The van der Waals surface area contributed by atoms with Crippen molar-refractivity contribution in [2.24, 2.45) is 5.92 Å². The summed E-state index contributed by atoms with van der Waals surface area (Å²) in [5, 5.41) is 7.66. The van der Waals surface area contributed by atoms with Crippen LogP contribution in [-0.2, 0) is 24.2 Å². The van der Waals surface area contributed by atoms with Crippen LogP contribution in [-0.4, -0.2) is 46.3 Å². The van der Waals surface area contributed by atoms with Gasteiger partial charge >= 0.3 is 0 Å². The average Bonchev–Trinajstić information content (AvgIpc) is 3.00. The lowest BCUT2D eigenvalue weighted by Gasteiger charge is -2.35. The number of hydrogen-bond acceptors (Lipinski definition) is 3. The molecule has 1 aromatic heterocycles. The fourth-order valence-electron chi connectivity index (χ4n) is 4.35. The molecule has 140 valence electrons. The Morgan fingerprint density at radius 2 is 2.24 bits per heavy atom. The Kier molecular flexibility index (Phi) is 6.51. The highest BCUT2D eigenvalue weighted by molar-refractivity contribution is 5.75. The maximum absolute atomic E-state index is 12.2. The molecule has 0 radical (unpaired) electrons. The predicted molar refractivity (Wildman–Crippen MR) is 101 cm³/mol. The molecule has 5 heteroatoms. The minimum Gasteiger partial charge on any atom is -0.354 e. The fourth-order valence-corrected chi connectivity index (χ4v) is 4.35. The normalized spacial score (nSPS) is 24.1. The Morgan fingerprint density at radius 3 is 3.08 bits per heavy atom. The van der Waals surface area contributed by atoms with Crippen LogP contribution in [0.1, 0.15) is 63.6 Å². The Balaban J connectivity index is 1.37. The molecule has 2 aliphatic rings. The van der Waals surface area contributed by atoms with Gasteiger partial charge in [-0.25, -0.2) is 0 Å². The van der Waals surface area contributed by atoms with Crippen LogP contribution in [0.4, 0.5) is 0 Å². The van der Waals surface area contributed by atoms with E-state index in [0.29, 0.717) is 6.54 Å². The molecule has 25 heavy (non-hydrogen) atoms. The first kappa shape index (κ1) is 18.4. The summed E-state index contributed by atoms with van der Waals surface area (Å²) in [5.74, 6) is 0.819. The molecule has 1 aromatic rings. The Bertz CT molecular complexity index is 568. The van der Waals surface area contributed by atoms with Crippen LogP contribution < -0.4 is 5.32 Å². The second-order valence-corrected chi connectivity index (χ2v) is 7.94. The summed E-state index contributed by atoms with van der Waals surface area (Å²) >= 11 is 0. The van der Waals surface area contributed by atoms with Gasteiger partial charge in [0.1, 0.15) is 6.54 Å². The minimum atomic E-state index is 0.0820. The number of fused-ring (bicyclic) bond motifs is 1. The van der Waals surface area contributed by atoms with Gasteiger partial charge in [0.15, 0.2) is 0 Å². The fraction of sp³-hybridized carbons (Fsp3) is 0.800. The van der Waals surface area contributed by atoms with Gasteiger partial charge in [0.05, 0.1) is 5.69 Å². The second-order valence-electron chi connectivity index (χ2n) is 7.94. The molecule has 1 amide bonds. The number of rotatable bonds is 7. The summed E-state index contributed by atoms with van der Waals surface area (Å²) in [5.41, 5.74) is 2.53. The quantitative estimate of drug-likeness (QED) is 0.773. The molecule has 1 fully saturated rings. The van der Waals surface area contributed by atoms with Crippen LogP contribution in [0.15, 0.2) is 6.20 Å². The third kappa shape index (κ3) is 5.06. The molecule has 1 aliphatic heterocycles. The van der Waals surface area contributed by atoms with E-state index in [1.807, 2.05) is 4.68 Å². The lowest BCUT2D eigenvalue weighted by molar-refractivity contribution is -0.121. The maximum atomic E-state index is 12.2. The van der Waals surface area contributed by atoms with Gasteiger partial charge in [-0.05, 0) is 63.0 Å². The van der Waals surface area contributed by atoms with Crippen molar-refractivity contribution in [1.29, 1.82) is 0 Å². The van der Waals surface area contributed by atoms with E-state index in [4.69, 9.17) is 0 Å². The van der Waals surface area contributed by atoms with Gasteiger partial charge in [-0.1, -0.05) is 20.3 Å². The molecular formula is C20H34N4O. The van der Waals surface area contributed by atoms with E-state index >= 15 is 0 Å². The molecule has 1 aliphatic carbocycles. The Hall–Kier alpha value is -1.36. The number of carbonyl (C=O) groups excluding carboxylic acids is 1. The lowest BCUT2D eigenvalue weighted by atomic mass is 9.89. The van der Waals surface area contributed by atoms with Crippen LogP contribution >= 0.6 is 0 Å². The highest BCUT2D eigenvalue weighted by atomic mass is 16.2. The maximum Gasteiger partial charge on any atom is 0.241 e. The van der Waals surface area contributed by atoms with E-state index in [0.717, 1.165) is 44.3 Å². The van der Waals surface area contributed by atoms with E-state index in [9.17, 15) is 4.79 Å². The first-order valence-electron chi connectivity index (χ1n) is 10.2. The summed E-state index contributed by atoms with van der Waals surface area (Å²) < 4.78 is 1.83. The third-order valence-corrected chi connectivity index (χ3v) is 5.84. The van der Waals surface area contributed by atoms with Crippen molar-refractivity contribution in [3.8, 4) is 0 Å². The summed E-state index contributed by atoms with van der Waals surface area (Å²) in [6, 6.07) is 0.752. The summed E-state index contributed by atoms with van der Waals surface area (Å²) in [6.45, 7) is 8.02. The van der Waals surface area contributed by atoms with Crippen molar-refractivity contribution in [3.63, 3.8) is 0 Å². The lowest BCUT2D eigenvalue weighted by Crippen LogP contribution is -2.40. The first-order valence-corrected chi connectivity index (χ1v) is 10.2. The van der Waals surface area contributed by atoms with Crippen molar-refractivity contribution in [2.45, 2.75) is 77.8 Å². The Labute approximate surface area is 152 Å². The Morgan fingerprint density at radius 1 is 1.36 bits per heavy atom. The molecule has 0 saturated carbocycles. The molecule has 2 heterocycles. The zero-order valence-electron chi connectivity index (χ0n) is 16.0. The van der Waals surface area contributed by atoms with Gasteiger partial charge in [0.2, 0.25) is 5.91 Å². The monoisotopic (exact) mass is 346 g/mol. The molecule has 0 spiro atoms. The van der Waals surface area contributed by atoms with Crippen molar-refractivity contribution < 1.29 is 4.79 Å². The van der Waals surface area contributed by atoms with E-state index in [1.54, 1.807) is 0 Å². The molecule has 1 N–H and O–H groups in total. The number of aryl methyl sites for hydroxylation is 1. The predicted octanol–water partition coefficient (Wildman–Crippen LogP) is 2.78. The number of amides is 1. The van der Waals surface area contributed by atoms with Crippen LogP contribution in [0.25, 0.3) is 0 Å². The molecule has 1 saturated heterocycles. The highest BCUT2D eigenvalue weighted by Gasteiger charge is 2.20. The van der Waals surface area contributed by atoms with E-state index < -0.39 is 0 Å². The largest absolute Gasteiger partial charge is 0.354 e. The molecular weight excluding hydrogens is 312 g/mol. The topological polar surface area (TPSA) is 50.2 Å². The van der Waals surface area contributed by atoms with Crippen molar-refractivity contribution >= 4 is 5.91 Å². The standard InChI is InChI=1S/C20H34N4O/c1-3-18-7-4-5-11-23(18)12-6-10-21-20(25)15-24-14-17-13-16(2)8-9-19(17)22-24/h14,16,18H,3-13,15H2,1-2H3,(H,21,25). The molecule has 2 unspecified atom stereocenters. The number of carbonyl (C=O) groups is 1. The summed E-state index contributed by atoms with van der Waals surface area (Å²) in [6.07, 6.45) is 11.8. The third-order valence-electron chi connectivity index (χ3n) is 5.84. The zero-order chi connectivity index (χ0) is 17.6. The molecule has 5 nitrogen and oxygen atoms in total. The number of aromatic nitrogens is 2. The number of hydrogen-bond donors (Lipinski definition) is 1. The van der Waals surface area contributed by atoms with Gasteiger partial charge < -0.3 is 10.2 Å². The molecule has 0 aromatic carbocycles. The van der Waals surface area contributed by atoms with Crippen LogP contribution in [0.5, 0.6) is 0 Å². The average molecular weight is 347 g/mol. The van der Waals surface area contributed by atoms with Crippen LogP contribution in [0.2, 0.25) is 0 Å². The van der Waals surface area contributed by atoms with Gasteiger partial charge in [0, 0.05) is 25.3 Å². The van der Waals surface area contributed by atoms with Crippen molar-refractivity contribution in [2.75, 3.05) is 19.6 Å². The first-order chi connectivity index (χ1) is 12.2. The zero-order valence-corrected chi connectivity index (χ0v) is 16.0. The van der Waals surface area contributed by atoms with E-state index in [2.05, 4.69) is 35.4 Å². The van der Waals surface area contributed by atoms with E-state index in [1.165, 1.54) is 49.9 Å². The number of likely N-dealkylation sites (tertiary alicyclic amines) is 1. The minimum absolute atomic E-state index is 0.0820. The number of piperidine rings is 1. The van der Waals surface area contributed by atoms with E-state index in [-0.39, 0.29) is 5.91 Å². The van der Waals surface area contributed by atoms with Crippen molar-refractivity contribution in [3.05, 3.63) is 17.5 Å².